The van der Waals surface area contributed by atoms with Gasteiger partial charge in [0.05, 0.1) is 5.92 Å². The summed E-state index contributed by atoms with van der Waals surface area (Å²) in [5, 5.41) is 2.70. The molecule has 0 aliphatic carbocycles. The van der Waals surface area contributed by atoms with Crippen LogP contribution in [-0.2, 0) is 9.59 Å². The molecule has 0 aromatic rings. The normalized spacial score (nSPS) is 34.2. The molecule has 0 aromatic carbocycles. The molecular weight excluding hydrogens is 206 g/mol. The third-order valence-electron chi connectivity index (χ3n) is 3.69. The first-order chi connectivity index (χ1) is 7.54. The molecule has 2 aliphatic heterocycles. The molecule has 2 saturated heterocycles. The van der Waals surface area contributed by atoms with Crippen LogP contribution in [-0.4, -0.2) is 42.9 Å². The molecule has 0 saturated carbocycles. The molecule has 2 amide bonds. The van der Waals surface area contributed by atoms with Crippen molar-refractivity contribution >= 4 is 11.8 Å². The summed E-state index contributed by atoms with van der Waals surface area (Å²) in [6, 6.07) is 0. The van der Waals surface area contributed by atoms with Gasteiger partial charge in [-0.1, -0.05) is 6.92 Å². The molecule has 0 bridgehead atoms. The second kappa shape index (κ2) is 4.05. The first kappa shape index (κ1) is 11.4. The summed E-state index contributed by atoms with van der Waals surface area (Å²) in [6.45, 7) is 4.72. The van der Waals surface area contributed by atoms with Gasteiger partial charge in [0.25, 0.3) is 0 Å². The van der Waals surface area contributed by atoms with Crippen molar-refractivity contribution in [3.63, 3.8) is 0 Å². The Morgan fingerprint density at radius 2 is 2.44 bits per heavy atom. The van der Waals surface area contributed by atoms with Crippen molar-refractivity contribution in [2.45, 2.75) is 19.8 Å². The molecule has 5 heteroatoms. The van der Waals surface area contributed by atoms with Gasteiger partial charge >= 0.3 is 0 Å². The molecule has 2 fully saturated rings. The van der Waals surface area contributed by atoms with E-state index in [0.717, 1.165) is 19.5 Å². The summed E-state index contributed by atoms with van der Waals surface area (Å²) in [5.74, 6) is -0.0673. The number of nitrogens with two attached hydrogens (primary N) is 1. The molecular formula is C11H19N3O2. The van der Waals surface area contributed by atoms with Crippen LogP contribution >= 0.6 is 0 Å². The van der Waals surface area contributed by atoms with E-state index in [-0.39, 0.29) is 23.1 Å². The second-order valence-electron chi connectivity index (χ2n) is 5.23. The monoisotopic (exact) mass is 225 g/mol. The van der Waals surface area contributed by atoms with Crippen LogP contribution < -0.4 is 11.1 Å². The van der Waals surface area contributed by atoms with Gasteiger partial charge in [0.15, 0.2) is 0 Å². The number of carbonyl (C=O) groups excluding carboxylic acids is 2. The molecule has 16 heavy (non-hydrogen) atoms. The number of nitrogens with zero attached hydrogens (tertiary/aromatic N) is 1. The van der Waals surface area contributed by atoms with E-state index in [4.69, 9.17) is 5.73 Å². The summed E-state index contributed by atoms with van der Waals surface area (Å²) < 4.78 is 0. The maximum absolute atomic E-state index is 12.1. The van der Waals surface area contributed by atoms with Gasteiger partial charge in [-0.3, -0.25) is 9.59 Å². The van der Waals surface area contributed by atoms with Crippen molar-refractivity contribution in [1.82, 2.24) is 10.2 Å². The third-order valence-corrected chi connectivity index (χ3v) is 3.69. The van der Waals surface area contributed by atoms with Crippen LogP contribution in [0, 0.1) is 11.3 Å². The highest BCUT2D eigenvalue weighted by atomic mass is 16.2. The Balaban J connectivity index is 1.94. The lowest BCUT2D eigenvalue weighted by Gasteiger charge is -2.24. The molecule has 90 valence electrons. The minimum Gasteiger partial charge on any atom is -0.355 e. The van der Waals surface area contributed by atoms with E-state index in [0.29, 0.717) is 19.5 Å². The summed E-state index contributed by atoms with van der Waals surface area (Å²) in [4.78, 5) is 25.0. The number of nitrogens with one attached hydrogen (secondary N) is 1. The zero-order valence-corrected chi connectivity index (χ0v) is 9.66. The Kier molecular flexibility index (Phi) is 2.88. The third kappa shape index (κ3) is 2.04. The second-order valence-corrected chi connectivity index (χ2v) is 5.23. The molecule has 2 rings (SSSR count). The van der Waals surface area contributed by atoms with Gasteiger partial charge in [0.2, 0.25) is 11.8 Å². The maximum atomic E-state index is 12.1. The van der Waals surface area contributed by atoms with E-state index >= 15 is 0 Å². The van der Waals surface area contributed by atoms with Gasteiger partial charge in [0, 0.05) is 26.1 Å². The zero-order valence-electron chi connectivity index (χ0n) is 9.66. The van der Waals surface area contributed by atoms with Gasteiger partial charge in [0.1, 0.15) is 0 Å². The fourth-order valence-corrected chi connectivity index (χ4v) is 2.42. The molecule has 3 N–H and O–H groups in total. The lowest BCUT2D eigenvalue weighted by atomic mass is 9.90. The van der Waals surface area contributed by atoms with Crippen LogP contribution in [0.2, 0.25) is 0 Å². The first-order valence-electron chi connectivity index (χ1n) is 5.80. The molecule has 2 unspecified atom stereocenters. The number of likely N-dealkylation sites (tertiary alicyclic amines) is 1. The van der Waals surface area contributed by atoms with E-state index in [9.17, 15) is 9.59 Å². The Bertz CT molecular complexity index is 318. The van der Waals surface area contributed by atoms with Crippen molar-refractivity contribution in [3.05, 3.63) is 0 Å². The number of hydrogen-bond acceptors (Lipinski definition) is 3. The molecule has 2 aliphatic rings. The Hall–Kier alpha value is -1.10. The van der Waals surface area contributed by atoms with Gasteiger partial charge < -0.3 is 16.0 Å². The van der Waals surface area contributed by atoms with Crippen LogP contribution in [0.25, 0.3) is 0 Å². The summed E-state index contributed by atoms with van der Waals surface area (Å²) in [5.41, 5.74) is 5.76. The van der Waals surface area contributed by atoms with Crippen LogP contribution in [0.4, 0.5) is 0 Å². The largest absolute Gasteiger partial charge is 0.355 e. The highest BCUT2D eigenvalue weighted by molar-refractivity contribution is 5.89. The number of hydrogen-bond donors (Lipinski definition) is 2. The molecule has 0 spiro atoms. The van der Waals surface area contributed by atoms with E-state index in [1.165, 1.54) is 0 Å². The van der Waals surface area contributed by atoms with Crippen molar-refractivity contribution in [2.24, 2.45) is 17.1 Å². The van der Waals surface area contributed by atoms with Gasteiger partial charge in [-0.15, -0.1) is 0 Å². The van der Waals surface area contributed by atoms with E-state index in [1.807, 2.05) is 4.90 Å². The standard InChI is InChI=1S/C11H19N3O2/c1-11(6-12)2-3-14(7-11)10(16)8-4-9(15)13-5-8/h8H,2-7,12H2,1H3,(H,13,15). The first-order valence-corrected chi connectivity index (χ1v) is 5.80. The van der Waals surface area contributed by atoms with E-state index in [2.05, 4.69) is 12.2 Å². The Morgan fingerprint density at radius 3 is 2.94 bits per heavy atom. The van der Waals surface area contributed by atoms with E-state index in [1.54, 1.807) is 0 Å². The van der Waals surface area contributed by atoms with Crippen molar-refractivity contribution in [3.8, 4) is 0 Å². The maximum Gasteiger partial charge on any atom is 0.228 e. The number of amides is 2. The average molecular weight is 225 g/mol. The van der Waals surface area contributed by atoms with Crippen molar-refractivity contribution in [2.75, 3.05) is 26.2 Å². The molecule has 2 atom stereocenters. The van der Waals surface area contributed by atoms with Gasteiger partial charge in [-0.05, 0) is 18.4 Å². The summed E-state index contributed by atoms with van der Waals surface area (Å²) >= 11 is 0. The smallest absolute Gasteiger partial charge is 0.228 e. The highest BCUT2D eigenvalue weighted by Gasteiger charge is 2.38. The van der Waals surface area contributed by atoms with Crippen LogP contribution in [0.5, 0.6) is 0 Å². The van der Waals surface area contributed by atoms with Crippen molar-refractivity contribution < 1.29 is 9.59 Å². The van der Waals surface area contributed by atoms with Gasteiger partial charge in [-0.25, -0.2) is 0 Å². The molecule has 0 aromatic heterocycles. The number of rotatable bonds is 2. The van der Waals surface area contributed by atoms with Crippen LogP contribution in [0.3, 0.4) is 0 Å². The summed E-state index contributed by atoms with van der Waals surface area (Å²) in [6.07, 6.45) is 1.30. The molecule has 2 heterocycles. The van der Waals surface area contributed by atoms with Crippen molar-refractivity contribution in [1.29, 1.82) is 0 Å². The number of carbonyl (C=O) groups is 2. The summed E-state index contributed by atoms with van der Waals surface area (Å²) in [7, 11) is 0. The van der Waals surface area contributed by atoms with Gasteiger partial charge in [-0.2, -0.15) is 0 Å². The average Bonchev–Trinajstić information content (AvgIpc) is 2.85. The fourth-order valence-electron chi connectivity index (χ4n) is 2.42. The van der Waals surface area contributed by atoms with E-state index < -0.39 is 0 Å². The molecule has 5 nitrogen and oxygen atoms in total. The Morgan fingerprint density at radius 1 is 1.69 bits per heavy atom. The highest BCUT2D eigenvalue weighted by Crippen LogP contribution is 2.30. The molecule has 0 radical (unpaired) electrons. The SMILES string of the molecule is CC1(CN)CCN(C(=O)C2CNC(=O)C2)C1. The Labute approximate surface area is 95.3 Å². The minimum absolute atomic E-state index is 0.0147. The predicted octanol–water partition coefficient (Wildman–Crippen LogP) is -0.680. The quantitative estimate of drug-likeness (QED) is 0.654. The fraction of sp³-hybridized carbons (Fsp3) is 0.818. The minimum atomic E-state index is -0.160. The predicted molar refractivity (Wildman–Crippen MR) is 59.5 cm³/mol. The van der Waals surface area contributed by atoms with Crippen LogP contribution in [0.15, 0.2) is 0 Å². The topological polar surface area (TPSA) is 75.4 Å². The zero-order chi connectivity index (χ0) is 11.8. The lowest BCUT2D eigenvalue weighted by molar-refractivity contribution is -0.135. The lowest BCUT2D eigenvalue weighted by Crippen LogP contribution is -2.38. The van der Waals surface area contributed by atoms with Crippen LogP contribution in [0.1, 0.15) is 19.8 Å².